The van der Waals surface area contributed by atoms with Crippen molar-refractivity contribution in [1.29, 1.82) is 0 Å². The Labute approximate surface area is 207 Å². The lowest BCUT2D eigenvalue weighted by molar-refractivity contribution is -0.0498. The highest BCUT2D eigenvalue weighted by Crippen LogP contribution is 2.16. The number of carbonyl (C=O) groups excluding carboxylic acids is 1. The fraction of sp³-hybridized carbons (Fsp3) is 0.217. The number of hydrogen-bond donors (Lipinski definition) is 2. The Morgan fingerprint density at radius 2 is 1.76 bits per heavy atom. The van der Waals surface area contributed by atoms with Crippen LogP contribution < -0.4 is 15.4 Å². The van der Waals surface area contributed by atoms with E-state index in [2.05, 4.69) is 20.4 Å². The molecule has 0 aliphatic heterocycles. The van der Waals surface area contributed by atoms with Gasteiger partial charge in [-0.05, 0) is 47.5 Å². The second-order valence-corrected chi connectivity index (χ2v) is 6.91. The van der Waals surface area contributed by atoms with Crippen LogP contribution in [0.15, 0.2) is 76.3 Å². The van der Waals surface area contributed by atoms with Crippen molar-refractivity contribution in [2.24, 2.45) is 4.99 Å². The first kappa shape index (κ1) is 26.1. The van der Waals surface area contributed by atoms with Crippen LogP contribution in [-0.2, 0) is 13.1 Å². The smallest absolute Gasteiger partial charge is 0.387 e. The number of ether oxygens (including phenoxy) is 1. The molecule has 3 rings (SSSR count). The lowest BCUT2D eigenvalue weighted by atomic mass is 10.2. The topological polar surface area (TPSA) is 79.1 Å². The van der Waals surface area contributed by atoms with E-state index in [4.69, 9.17) is 4.42 Å². The summed E-state index contributed by atoms with van der Waals surface area (Å²) in [6, 6.07) is 17.2. The van der Waals surface area contributed by atoms with Crippen molar-refractivity contribution in [2.75, 3.05) is 19.4 Å². The predicted octanol–water partition coefficient (Wildman–Crippen LogP) is 4.96. The van der Waals surface area contributed by atoms with Crippen molar-refractivity contribution in [3.63, 3.8) is 0 Å². The minimum atomic E-state index is -2.84. The van der Waals surface area contributed by atoms with Crippen LogP contribution in [0.2, 0.25) is 0 Å². The molecule has 1 amide bonds. The van der Waals surface area contributed by atoms with Gasteiger partial charge in [-0.1, -0.05) is 24.3 Å². The minimum Gasteiger partial charge on any atom is -0.459 e. The highest BCUT2D eigenvalue weighted by molar-refractivity contribution is 14.0. The number of furan rings is 1. The Kier molecular flexibility index (Phi) is 10.1. The third kappa shape index (κ3) is 8.04. The highest BCUT2D eigenvalue weighted by atomic mass is 127. The van der Waals surface area contributed by atoms with Gasteiger partial charge in [-0.25, -0.2) is 0 Å². The summed E-state index contributed by atoms with van der Waals surface area (Å²) in [6.45, 7) is -1.77. The van der Waals surface area contributed by atoms with Crippen LogP contribution in [0, 0.1) is 0 Å². The normalized spacial score (nSPS) is 11.0. The molecule has 0 radical (unpaired) electrons. The number of benzene rings is 2. The largest absolute Gasteiger partial charge is 0.459 e. The molecule has 0 fully saturated rings. The fourth-order valence-electron chi connectivity index (χ4n) is 3.00. The third-order valence-electron chi connectivity index (χ3n) is 4.55. The van der Waals surface area contributed by atoms with Gasteiger partial charge >= 0.3 is 6.61 Å². The summed E-state index contributed by atoms with van der Waals surface area (Å²) in [5.74, 6) is 0.737. The van der Waals surface area contributed by atoms with Gasteiger partial charge in [-0.3, -0.25) is 9.79 Å². The van der Waals surface area contributed by atoms with Crippen molar-refractivity contribution >= 4 is 41.5 Å². The molecule has 1 aromatic heterocycles. The standard InChI is InChI=1S/C23H24F2N4O3.HI/c1-26-23(29(2)15-17-7-11-19(12-8-17)32-22(24)25)27-14-16-5-9-18(10-6-16)28-21(30)20-4-3-13-31-20;/h3-13,22H,14-15H2,1-2H3,(H,26,27)(H,28,30);1H. The second kappa shape index (κ2) is 12.8. The summed E-state index contributed by atoms with van der Waals surface area (Å²) in [7, 11) is 3.57. The van der Waals surface area contributed by atoms with Gasteiger partial charge in [0.25, 0.3) is 5.91 Å². The number of rotatable bonds is 8. The Morgan fingerprint density at radius 3 is 2.33 bits per heavy atom. The van der Waals surface area contributed by atoms with Crippen molar-refractivity contribution < 1.29 is 22.7 Å². The summed E-state index contributed by atoms with van der Waals surface area (Å²) in [5.41, 5.74) is 2.59. The zero-order chi connectivity index (χ0) is 22.9. The Bertz CT molecular complexity index is 1030. The van der Waals surface area contributed by atoms with E-state index in [9.17, 15) is 13.6 Å². The van der Waals surface area contributed by atoms with Gasteiger partial charge in [0.2, 0.25) is 0 Å². The first-order valence-electron chi connectivity index (χ1n) is 9.84. The van der Waals surface area contributed by atoms with Gasteiger partial charge in [-0.15, -0.1) is 24.0 Å². The minimum absolute atomic E-state index is 0. The summed E-state index contributed by atoms with van der Waals surface area (Å²) < 4.78 is 34.0. The average molecular weight is 570 g/mol. The molecule has 2 aromatic carbocycles. The Hall–Kier alpha value is -3.15. The maximum absolute atomic E-state index is 12.3. The molecule has 0 atom stereocenters. The van der Waals surface area contributed by atoms with E-state index in [1.807, 2.05) is 36.2 Å². The molecule has 1 heterocycles. The van der Waals surface area contributed by atoms with E-state index in [1.54, 1.807) is 31.3 Å². The molecule has 0 unspecified atom stereocenters. The molecule has 0 saturated carbocycles. The Balaban J connectivity index is 0.00000385. The zero-order valence-electron chi connectivity index (χ0n) is 18.1. The lowest BCUT2D eigenvalue weighted by Gasteiger charge is -2.22. The molecule has 10 heteroatoms. The number of aliphatic imine (C=N–C) groups is 1. The number of alkyl halides is 2. The second-order valence-electron chi connectivity index (χ2n) is 6.91. The van der Waals surface area contributed by atoms with Crippen molar-refractivity contribution in [2.45, 2.75) is 19.7 Å². The van der Waals surface area contributed by atoms with E-state index in [0.717, 1.165) is 11.1 Å². The zero-order valence-corrected chi connectivity index (χ0v) is 20.5. The van der Waals surface area contributed by atoms with Crippen LogP contribution in [-0.4, -0.2) is 37.5 Å². The molecule has 33 heavy (non-hydrogen) atoms. The monoisotopic (exact) mass is 570 g/mol. The first-order valence-corrected chi connectivity index (χ1v) is 9.84. The molecule has 7 nitrogen and oxygen atoms in total. The molecular formula is C23H25F2IN4O3. The molecular weight excluding hydrogens is 545 g/mol. The van der Waals surface area contributed by atoms with Crippen LogP contribution in [0.25, 0.3) is 0 Å². The molecule has 176 valence electrons. The number of amides is 1. The summed E-state index contributed by atoms with van der Waals surface area (Å²) in [5, 5.41) is 6.05. The van der Waals surface area contributed by atoms with Crippen LogP contribution >= 0.6 is 24.0 Å². The van der Waals surface area contributed by atoms with Gasteiger partial charge in [0.05, 0.1) is 6.26 Å². The third-order valence-corrected chi connectivity index (χ3v) is 4.55. The van der Waals surface area contributed by atoms with E-state index in [0.29, 0.717) is 24.7 Å². The van der Waals surface area contributed by atoms with Crippen molar-refractivity contribution in [3.05, 3.63) is 83.8 Å². The van der Waals surface area contributed by atoms with Crippen LogP contribution in [0.1, 0.15) is 21.7 Å². The van der Waals surface area contributed by atoms with E-state index in [-0.39, 0.29) is 41.4 Å². The number of guanidine groups is 1. The van der Waals surface area contributed by atoms with Gasteiger partial charge < -0.3 is 24.7 Å². The molecule has 0 aliphatic carbocycles. The van der Waals surface area contributed by atoms with E-state index < -0.39 is 6.61 Å². The molecule has 0 aliphatic rings. The SMILES string of the molecule is CN=C(NCc1ccc(NC(=O)c2ccco2)cc1)N(C)Cc1ccc(OC(F)F)cc1.I. The lowest BCUT2D eigenvalue weighted by Crippen LogP contribution is -2.38. The first-order chi connectivity index (χ1) is 15.4. The van der Waals surface area contributed by atoms with Crippen molar-refractivity contribution in [3.8, 4) is 5.75 Å². The number of carbonyl (C=O) groups is 1. The van der Waals surface area contributed by atoms with Crippen LogP contribution in [0.5, 0.6) is 5.75 Å². The maximum atomic E-state index is 12.3. The van der Waals surface area contributed by atoms with Gasteiger partial charge in [0.15, 0.2) is 11.7 Å². The quantitative estimate of drug-likeness (QED) is 0.228. The molecule has 3 aromatic rings. The van der Waals surface area contributed by atoms with E-state index >= 15 is 0 Å². The molecule has 0 saturated heterocycles. The van der Waals surface area contributed by atoms with Crippen molar-refractivity contribution in [1.82, 2.24) is 10.2 Å². The summed E-state index contributed by atoms with van der Waals surface area (Å²) in [6.07, 6.45) is 1.45. The number of halogens is 3. The van der Waals surface area contributed by atoms with Crippen LogP contribution in [0.3, 0.4) is 0 Å². The summed E-state index contributed by atoms with van der Waals surface area (Å²) in [4.78, 5) is 18.2. The number of nitrogens with one attached hydrogen (secondary N) is 2. The molecule has 0 spiro atoms. The highest BCUT2D eigenvalue weighted by Gasteiger charge is 2.10. The molecule has 2 N–H and O–H groups in total. The molecule has 0 bridgehead atoms. The Morgan fingerprint density at radius 1 is 1.09 bits per heavy atom. The maximum Gasteiger partial charge on any atom is 0.387 e. The van der Waals surface area contributed by atoms with E-state index in [1.165, 1.54) is 18.4 Å². The van der Waals surface area contributed by atoms with Gasteiger partial charge in [0.1, 0.15) is 5.75 Å². The summed E-state index contributed by atoms with van der Waals surface area (Å²) >= 11 is 0. The number of anilines is 1. The van der Waals surface area contributed by atoms with Gasteiger partial charge in [-0.2, -0.15) is 8.78 Å². The predicted molar refractivity (Wildman–Crippen MR) is 133 cm³/mol. The van der Waals surface area contributed by atoms with Gasteiger partial charge in [0, 0.05) is 32.9 Å². The number of hydrogen-bond acceptors (Lipinski definition) is 4. The van der Waals surface area contributed by atoms with Crippen LogP contribution in [0.4, 0.5) is 14.5 Å². The average Bonchev–Trinajstić information content (AvgIpc) is 3.31. The number of nitrogens with zero attached hydrogens (tertiary/aromatic N) is 2. The fourth-order valence-corrected chi connectivity index (χ4v) is 3.00.